The van der Waals surface area contributed by atoms with E-state index in [9.17, 15) is 14.4 Å². The molecule has 0 saturated heterocycles. The maximum atomic E-state index is 13.7. The maximum absolute atomic E-state index is 13.7. The number of anilines is 1. The molecule has 10 nitrogen and oxygen atoms in total. The molecule has 4 atom stereocenters. The van der Waals surface area contributed by atoms with Gasteiger partial charge in [0, 0.05) is 23.9 Å². The van der Waals surface area contributed by atoms with E-state index in [0.29, 0.717) is 52.1 Å². The van der Waals surface area contributed by atoms with E-state index in [1.165, 1.54) is 6.92 Å². The summed E-state index contributed by atoms with van der Waals surface area (Å²) in [6.45, 7) is 20.5. The predicted molar refractivity (Wildman–Crippen MR) is 180 cm³/mol. The van der Waals surface area contributed by atoms with Gasteiger partial charge in [0.05, 0.1) is 12.6 Å². The molecule has 2 saturated carbocycles. The molecule has 1 aromatic heterocycles. The van der Waals surface area contributed by atoms with Crippen molar-refractivity contribution in [1.29, 1.82) is 0 Å². The number of nitrogens with zero attached hydrogens (tertiary/aromatic N) is 1. The highest BCUT2D eigenvalue weighted by Gasteiger charge is 2.37. The highest BCUT2D eigenvalue weighted by molar-refractivity contribution is 6.07. The van der Waals surface area contributed by atoms with Crippen molar-refractivity contribution >= 4 is 35.4 Å². The summed E-state index contributed by atoms with van der Waals surface area (Å²) in [5.74, 6) is 2.62. The van der Waals surface area contributed by atoms with Crippen molar-refractivity contribution in [3.05, 3.63) is 33.7 Å². The van der Waals surface area contributed by atoms with Gasteiger partial charge in [-0.2, -0.15) is 0 Å². The van der Waals surface area contributed by atoms with E-state index in [1.54, 1.807) is 0 Å². The fourth-order valence-corrected chi connectivity index (χ4v) is 8.22. The molecule has 254 valence electrons. The van der Waals surface area contributed by atoms with Gasteiger partial charge >= 0.3 is 5.97 Å². The molecule has 3 N–H and O–H groups in total. The molecule has 4 rings (SSSR count). The molecule has 2 aliphatic carbocycles. The number of amides is 1. The summed E-state index contributed by atoms with van der Waals surface area (Å²) in [6, 6.07) is 0. The Bertz CT molecular complexity index is 1380. The van der Waals surface area contributed by atoms with Crippen LogP contribution in [-0.4, -0.2) is 54.3 Å². The fraction of sp³-hybridized carbons (Fsp3) is 0.667. The summed E-state index contributed by atoms with van der Waals surface area (Å²) in [4.78, 5) is 56.8. The maximum Gasteiger partial charge on any atom is 0.342 e. The Balaban J connectivity index is 1.64. The van der Waals surface area contributed by atoms with Gasteiger partial charge in [0.2, 0.25) is 5.91 Å². The van der Waals surface area contributed by atoms with E-state index in [1.807, 2.05) is 20.8 Å². The summed E-state index contributed by atoms with van der Waals surface area (Å²) >= 11 is 0. The molecule has 1 aromatic rings. The van der Waals surface area contributed by atoms with Crippen LogP contribution in [0, 0.1) is 42.4 Å². The van der Waals surface area contributed by atoms with Gasteiger partial charge in [-0.3, -0.25) is 9.79 Å². The smallest absolute Gasteiger partial charge is 0.342 e. The van der Waals surface area contributed by atoms with Crippen molar-refractivity contribution in [2.75, 3.05) is 18.5 Å². The van der Waals surface area contributed by atoms with Crippen LogP contribution < -0.4 is 10.6 Å². The predicted octanol–water partition coefficient (Wildman–Crippen LogP) is 6.78. The second-order valence-electron chi connectivity index (χ2n) is 14.4. The zero-order valence-electron chi connectivity index (χ0n) is 29.3. The number of hydrogen-bond acceptors (Lipinski definition) is 7. The average molecular weight is 639 g/mol. The van der Waals surface area contributed by atoms with Crippen LogP contribution >= 0.6 is 0 Å². The first-order valence-electron chi connectivity index (χ1n) is 16.9. The Morgan fingerprint density at radius 2 is 1.48 bits per heavy atom. The van der Waals surface area contributed by atoms with E-state index < -0.39 is 5.97 Å². The van der Waals surface area contributed by atoms with Crippen molar-refractivity contribution in [1.82, 2.24) is 10.3 Å². The minimum absolute atomic E-state index is 0.00185. The lowest BCUT2D eigenvalue weighted by atomic mass is 9.75. The number of hydrogen-bond donors (Lipinski definition) is 3. The number of nitrogens with one attached hydrogen (secondary N) is 3. The van der Waals surface area contributed by atoms with E-state index in [4.69, 9.17) is 14.5 Å². The molecule has 46 heavy (non-hydrogen) atoms. The number of aliphatic imine (C=N–C) groups is 1. The standard InChI is InChI=1S/C36H54N4O6/c1-18-13-20(3)32(21(4)14-18)45-36(43)29-25(8)31(40-35(29)38-27(10)42)26(9)30-24(7)28(34(39-30)37-11-12-41)17-44-46-33-22(5)15-19(2)16-23(33)6/h12,18-23,32-33,40H,11,13-17H2,1-10H3,(H,37,39)(H,38,42)/b30-26-. The molecule has 4 unspecified atom stereocenters. The minimum atomic E-state index is -0.452. The lowest BCUT2D eigenvalue weighted by Crippen LogP contribution is -2.37. The lowest BCUT2D eigenvalue weighted by molar-refractivity contribution is -0.340. The summed E-state index contributed by atoms with van der Waals surface area (Å²) in [5, 5.41) is 6.18. The second kappa shape index (κ2) is 15.1. The number of aromatic amines is 1. The number of carbonyl (C=O) groups is 3. The number of amidine groups is 1. The van der Waals surface area contributed by atoms with Gasteiger partial charge in [0.15, 0.2) is 0 Å². The lowest BCUT2D eigenvalue weighted by Gasteiger charge is -2.37. The monoisotopic (exact) mass is 638 g/mol. The van der Waals surface area contributed by atoms with Crippen molar-refractivity contribution < 1.29 is 28.9 Å². The third-order valence-electron chi connectivity index (χ3n) is 10.2. The first-order chi connectivity index (χ1) is 21.7. The SMILES string of the molecule is CC(=O)Nc1[nH]c(/C(C)=C2\NC(=NCC=O)C(COOC3C(C)CC(C)CC3C)=C2C)c(C)c1C(=O)OC1C(C)CC(C)CC1C. The van der Waals surface area contributed by atoms with Gasteiger partial charge in [-0.1, -0.05) is 41.5 Å². The van der Waals surface area contributed by atoms with Crippen LogP contribution in [0.5, 0.6) is 0 Å². The molecule has 0 aromatic carbocycles. The van der Waals surface area contributed by atoms with Crippen molar-refractivity contribution in [3.8, 4) is 0 Å². The van der Waals surface area contributed by atoms with Gasteiger partial charge in [0.25, 0.3) is 0 Å². The molecule has 1 aliphatic heterocycles. The number of H-pyrrole nitrogens is 1. The van der Waals surface area contributed by atoms with E-state index in [-0.39, 0.29) is 43.1 Å². The van der Waals surface area contributed by atoms with E-state index in [2.05, 4.69) is 62.2 Å². The number of ether oxygens (including phenoxy) is 1. The largest absolute Gasteiger partial charge is 0.458 e. The molecule has 2 fully saturated rings. The average Bonchev–Trinajstić information content (AvgIpc) is 3.45. The summed E-state index contributed by atoms with van der Waals surface area (Å²) in [7, 11) is 0. The van der Waals surface area contributed by atoms with Crippen LogP contribution in [-0.2, 0) is 24.1 Å². The van der Waals surface area contributed by atoms with Gasteiger partial charge in [-0.15, -0.1) is 0 Å². The summed E-state index contributed by atoms with van der Waals surface area (Å²) in [6.07, 6.45) is 4.77. The Labute approximate surface area is 274 Å². The highest BCUT2D eigenvalue weighted by Crippen LogP contribution is 2.39. The van der Waals surface area contributed by atoms with Crippen LogP contribution in [0.15, 0.2) is 21.8 Å². The van der Waals surface area contributed by atoms with Gasteiger partial charge in [0.1, 0.15) is 36.2 Å². The van der Waals surface area contributed by atoms with E-state index >= 15 is 0 Å². The van der Waals surface area contributed by atoms with Crippen LogP contribution in [0.1, 0.15) is 110 Å². The summed E-state index contributed by atoms with van der Waals surface area (Å²) in [5.41, 5.74) is 4.95. The zero-order chi connectivity index (χ0) is 33.9. The normalized spacial score (nSPS) is 31.9. The minimum Gasteiger partial charge on any atom is -0.458 e. The molecule has 0 radical (unpaired) electrons. The molecular formula is C36H54N4O6. The first kappa shape index (κ1) is 35.6. The first-order valence-corrected chi connectivity index (χ1v) is 16.9. The Kier molecular flexibility index (Phi) is 11.7. The Morgan fingerprint density at radius 1 is 0.913 bits per heavy atom. The third kappa shape index (κ3) is 7.82. The molecule has 1 amide bonds. The quantitative estimate of drug-likeness (QED) is 0.111. The number of aldehydes is 1. The highest BCUT2D eigenvalue weighted by atomic mass is 17.2. The summed E-state index contributed by atoms with van der Waals surface area (Å²) < 4.78 is 6.15. The van der Waals surface area contributed by atoms with Crippen LogP contribution in [0.2, 0.25) is 0 Å². The Hall–Kier alpha value is -3.24. The topological polar surface area (TPSA) is 131 Å². The van der Waals surface area contributed by atoms with Crippen LogP contribution in [0.4, 0.5) is 5.82 Å². The second-order valence-corrected chi connectivity index (χ2v) is 14.4. The Morgan fingerprint density at radius 3 is 2.02 bits per heavy atom. The molecule has 0 spiro atoms. The number of allylic oxidation sites excluding steroid dienone is 2. The fourth-order valence-electron chi connectivity index (χ4n) is 8.22. The number of aromatic nitrogens is 1. The van der Waals surface area contributed by atoms with Gasteiger partial charge < -0.3 is 25.1 Å². The van der Waals surface area contributed by atoms with Crippen LogP contribution in [0.3, 0.4) is 0 Å². The molecule has 0 bridgehead atoms. The zero-order valence-corrected chi connectivity index (χ0v) is 29.3. The van der Waals surface area contributed by atoms with Gasteiger partial charge in [-0.25, -0.2) is 14.6 Å². The van der Waals surface area contributed by atoms with Crippen molar-refractivity contribution in [2.45, 2.75) is 107 Å². The number of rotatable bonds is 10. The molecule has 2 heterocycles. The van der Waals surface area contributed by atoms with Crippen molar-refractivity contribution in [2.24, 2.45) is 40.5 Å². The van der Waals surface area contributed by atoms with Gasteiger partial charge in [-0.05, 0) is 98.7 Å². The van der Waals surface area contributed by atoms with E-state index in [0.717, 1.165) is 54.4 Å². The van der Waals surface area contributed by atoms with Crippen molar-refractivity contribution in [3.63, 3.8) is 0 Å². The molecule has 10 heteroatoms. The molecular weight excluding hydrogens is 584 g/mol. The molecule has 3 aliphatic rings. The van der Waals surface area contributed by atoms with Crippen LogP contribution in [0.25, 0.3) is 5.57 Å². The number of esters is 1. The number of carbonyl (C=O) groups excluding carboxylic acids is 3. The third-order valence-corrected chi connectivity index (χ3v) is 10.2.